The van der Waals surface area contributed by atoms with E-state index in [-0.39, 0.29) is 18.5 Å². The highest BCUT2D eigenvalue weighted by atomic mass is 16.6. The lowest BCUT2D eigenvalue weighted by atomic mass is 10.1. The van der Waals surface area contributed by atoms with Gasteiger partial charge in [0, 0.05) is 12.3 Å². The topological polar surface area (TPSA) is 61.6 Å². The Hall–Kier alpha value is -1.55. The lowest BCUT2D eigenvalue weighted by Gasteiger charge is -2.10. The van der Waals surface area contributed by atoms with Gasteiger partial charge < -0.3 is 15.2 Å². The van der Waals surface area contributed by atoms with Crippen LogP contribution in [0.5, 0.6) is 0 Å². The number of carbonyl (C=O) groups is 1. The van der Waals surface area contributed by atoms with Crippen molar-refractivity contribution in [2.75, 3.05) is 18.9 Å². The molecule has 0 spiro atoms. The van der Waals surface area contributed by atoms with Crippen molar-refractivity contribution in [3.63, 3.8) is 0 Å². The van der Waals surface area contributed by atoms with Crippen LogP contribution >= 0.6 is 0 Å². The van der Waals surface area contributed by atoms with Crippen LogP contribution in [0.3, 0.4) is 0 Å². The summed E-state index contributed by atoms with van der Waals surface area (Å²) in [6.07, 6.45) is 2.41. The second kappa shape index (κ2) is 5.68. The van der Waals surface area contributed by atoms with Gasteiger partial charge in [-0.05, 0) is 30.5 Å². The number of hydrogen-bond acceptors (Lipinski definition) is 4. The molecule has 4 nitrogen and oxygen atoms in total. The number of anilines is 1. The van der Waals surface area contributed by atoms with Crippen molar-refractivity contribution in [2.45, 2.75) is 25.4 Å². The Labute approximate surface area is 101 Å². The zero-order valence-electron chi connectivity index (χ0n) is 9.72. The first-order valence-corrected chi connectivity index (χ1v) is 5.85. The molecule has 1 aromatic rings. The fraction of sp³-hybridized carbons (Fsp3) is 0.462. The van der Waals surface area contributed by atoms with E-state index in [9.17, 15) is 4.79 Å². The van der Waals surface area contributed by atoms with Gasteiger partial charge in [0.15, 0.2) is 0 Å². The number of carbonyl (C=O) groups excluding carboxylic acids is 1. The van der Waals surface area contributed by atoms with Gasteiger partial charge in [0.05, 0.1) is 12.5 Å². The van der Waals surface area contributed by atoms with Gasteiger partial charge in [-0.2, -0.15) is 0 Å². The van der Waals surface area contributed by atoms with E-state index >= 15 is 0 Å². The molecule has 0 amide bonds. The summed E-state index contributed by atoms with van der Waals surface area (Å²) in [7, 11) is 0. The van der Waals surface area contributed by atoms with Crippen LogP contribution in [0.15, 0.2) is 24.3 Å². The third-order valence-electron chi connectivity index (χ3n) is 2.78. The Morgan fingerprint density at radius 2 is 2.18 bits per heavy atom. The maximum atomic E-state index is 11.5. The minimum absolute atomic E-state index is 0.0883. The summed E-state index contributed by atoms with van der Waals surface area (Å²) in [4.78, 5) is 11.5. The Morgan fingerprint density at radius 3 is 2.82 bits per heavy atom. The second-order valence-electron chi connectivity index (χ2n) is 4.24. The van der Waals surface area contributed by atoms with Crippen LogP contribution < -0.4 is 5.73 Å². The standard InChI is InChI=1S/C13H17NO3/c14-11-5-3-10(4-6-11)8-13(15)17-9-12-2-1-7-16-12/h3-6,12H,1-2,7-9,14H2. The van der Waals surface area contributed by atoms with E-state index in [0.29, 0.717) is 12.3 Å². The maximum Gasteiger partial charge on any atom is 0.310 e. The quantitative estimate of drug-likeness (QED) is 0.635. The van der Waals surface area contributed by atoms with E-state index in [2.05, 4.69) is 0 Å². The summed E-state index contributed by atoms with van der Waals surface area (Å²) in [5.41, 5.74) is 7.18. The number of rotatable bonds is 4. The van der Waals surface area contributed by atoms with Gasteiger partial charge in [0.1, 0.15) is 6.61 Å². The monoisotopic (exact) mass is 235 g/mol. The van der Waals surface area contributed by atoms with Crippen LogP contribution in [0, 0.1) is 0 Å². The molecule has 4 heteroatoms. The Balaban J connectivity index is 1.74. The van der Waals surface area contributed by atoms with Crippen LogP contribution in [0.25, 0.3) is 0 Å². The number of benzene rings is 1. The van der Waals surface area contributed by atoms with Gasteiger partial charge in [0.25, 0.3) is 0 Å². The third-order valence-corrected chi connectivity index (χ3v) is 2.78. The summed E-state index contributed by atoms with van der Waals surface area (Å²) in [6, 6.07) is 7.23. The molecule has 1 atom stereocenters. The van der Waals surface area contributed by atoms with Crippen molar-refractivity contribution >= 4 is 11.7 Å². The third kappa shape index (κ3) is 3.75. The minimum Gasteiger partial charge on any atom is -0.463 e. The van der Waals surface area contributed by atoms with E-state index in [0.717, 1.165) is 25.0 Å². The molecule has 1 unspecified atom stereocenters. The molecule has 0 saturated carbocycles. The van der Waals surface area contributed by atoms with Gasteiger partial charge >= 0.3 is 5.97 Å². The average molecular weight is 235 g/mol. The van der Waals surface area contributed by atoms with Crippen LogP contribution in [0.1, 0.15) is 18.4 Å². The number of esters is 1. The van der Waals surface area contributed by atoms with Gasteiger partial charge in [-0.25, -0.2) is 0 Å². The first-order chi connectivity index (χ1) is 8.24. The largest absolute Gasteiger partial charge is 0.463 e. The molecule has 1 heterocycles. The van der Waals surface area contributed by atoms with Crippen molar-refractivity contribution in [1.82, 2.24) is 0 Å². The SMILES string of the molecule is Nc1ccc(CC(=O)OCC2CCCO2)cc1. The van der Waals surface area contributed by atoms with Crippen molar-refractivity contribution in [3.05, 3.63) is 29.8 Å². The molecule has 1 aromatic carbocycles. The van der Waals surface area contributed by atoms with Crippen LogP contribution in [-0.4, -0.2) is 25.3 Å². The van der Waals surface area contributed by atoms with Crippen LogP contribution in [0.2, 0.25) is 0 Å². The van der Waals surface area contributed by atoms with Crippen molar-refractivity contribution < 1.29 is 14.3 Å². The number of nitrogen functional groups attached to an aromatic ring is 1. The summed E-state index contributed by atoms with van der Waals surface area (Å²) >= 11 is 0. The van der Waals surface area contributed by atoms with Crippen molar-refractivity contribution in [2.24, 2.45) is 0 Å². The molecule has 0 bridgehead atoms. The molecule has 1 saturated heterocycles. The fourth-order valence-electron chi connectivity index (χ4n) is 1.81. The Kier molecular flexibility index (Phi) is 3.98. The molecule has 1 fully saturated rings. The summed E-state index contributed by atoms with van der Waals surface area (Å²) in [5.74, 6) is -0.217. The second-order valence-corrected chi connectivity index (χ2v) is 4.24. The normalized spacial score (nSPS) is 19.2. The van der Waals surface area contributed by atoms with Gasteiger partial charge in [-0.1, -0.05) is 12.1 Å². The lowest BCUT2D eigenvalue weighted by molar-refractivity contribution is -0.146. The molecule has 2 N–H and O–H groups in total. The summed E-state index contributed by atoms with van der Waals surface area (Å²) in [6.45, 7) is 1.15. The highest BCUT2D eigenvalue weighted by Gasteiger charge is 2.17. The fourth-order valence-corrected chi connectivity index (χ4v) is 1.81. The summed E-state index contributed by atoms with van der Waals surface area (Å²) in [5, 5.41) is 0. The molecule has 1 aliphatic rings. The zero-order valence-corrected chi connectivity index (χ0v) is 9.72. The molecule has 1 aliphatic heterocycles. The molecule has 92 valence electrons. The highest BCUT2D eigenvalue weighted by molar-refractivity contribution is 5.72. The van der Waals surface area contributed by atoms with E-state index < -0.39 is 0 Å². The van der Waals surface area contributed by atoms with Gasteiger partial charge in [-0.15, -0.1) is 0 Å². The van der Waals surface area contributed by atoms with Crippen LogP contribution in [0.4, 0.5) is 5.69 Å². The lowest BCUT2D eigenvalue weighted by Crippen LogP contribution is -2.18. The summed E-state index contributed by atoms with van der Waals surface area (Å²) < 4.78 is 10.5. The van der Waals surface area contributed by atoms with Crippen LogP contribution in [-0.2, 0) is 20.7 Å². The Bertz CT molecular complexity index is 369. The Morgan fingerprint density at radius 1 is 1.41 bits per heavy atom. The number of hydrogen-bond donors (Lipinski definition) is 1. The van der Waals surface area contributed by atoms with Gasteiger partial charge in [-0.3, -0.25) is 4.79 Å². The maximum absolute atomic E-state index is 11.5. The molecule has 0 aliphatic carbocycles. The molecule has 17 heavy (non-hydrogen) atoms. The smallest absolute Gasteiger partial charge is 0.310 e. The molecule has 0 aromatic heterocycles. The van der Waals surface area contributed by atoms with E-state index in [1.165, 1.54) is 0 Å². The molecular formula is C13H17NO3. The van der Waals surface area contributed by atoms with E-state index in [1.807, 2.05) is 12.1 Å². The number of nitrogens with two attached hydrogens (primary N) is 1. The predicted molar refractivity (Wildman–Crippen MR) is 64.5 cm³/mol. The molecule has 0 radical (unpaired) electrons. The van der Waals surface area contributed by atoms with Gasteiger partial charge in [0.2, 0.25) is 0 Å². The van der Waals surface area contributed by atoms with Crippen molar-refractivity contribution in [1.29, 1.82) is 0 Å². The molecular weight excluding hydrogens is 218 g/mol. The predicted octanol–water partition coefficient (Wildman–Crippen LogP) is 1.53. The average Bonchev–Trinajstić information content (AvgIpc) is 2.83. The van der Waals surface area contributed by atoms with E-state index in [4.69, 9.17) is 15.2 Å². The highest BCUT2D eigenvalue weighted by Crippen LogP contribution is 2.12. The minimum atomic E-state index is -0.217. The first-order valence-electron chi connectivity index (χ1n) is 5.85. The number of ether oxygens (including phenoxy) is 2. The zero-order chi connectivity index (χ0) is 12.1. The molecule has 2 rings (SSSR count). The van der Waals surface area contributed by atoms with Crippen molar-refractivity contribution in [3.8, 4) is 0 Å². The first kappa shape index (κ1) is 11.9. The van der Waals surface area contributed by atoms with E-state index in [1.54, 1.807) is 12.1 Å².